The van der Waals surface area contributed by atoms with E-state index in [9.17, 15) is 0 Å². The molecule has 128 valence electrons. The molecule has 0 aliphatic heterocycles. The lowest BCUT2D eigenvalue weighted by atomic mass is 10.2. The van der Waals surface area contributed by atoms with Gasteiger partial charge < -0.3 is 16.5 Å². The van der Waals surface area contributed by atoms with Gasteiger partial charge in [-0.3, -0.25) is 0 Å². The van der Waals surface area contributed by atoms with E-state index in [4.69, 9.17) is 12.3 Å². The van der Waals surface area contributed by atoms with Crippen LogP contribution >= 0.6 is 15.9 Å². The Kier molecular flexibility index (Phi) is 5.46. The second-order valence-electron chi connectivity index (χ2n) is 5.27. The third-order valence-electron chi connectivity index (χ3n) is 3.40. The number of terminal acetylenes is 1. The first kappa shape index (κ1) is 17.5. The van der Waals surface area contributed by atoms with Crippen molar-refractivity contribution in [2.24, 2.45) is 10.9 Å². The van der Waals surface area contributed by atoms with Gasteiger partial charge in [0.1, 0.15) is 5.82 Å². The highest BCUT2D eigenvalue weighted by Gasteiger charge is 2.07. The van der Waals surface area contributed by atoms with Crippen molar-refractivity contribution in [2.75, 3.05) is 10.6 Å². The van der Waals surface area contributed by atoms with Gasteiger partial charge in [-0.05, 0) is 51.8 Å². The van der Waals surface area contributed by atoms with Crippen LogP contribution in [0.5, 0.6) is 0 Å². The van der Waals surface area contributed by atoms with Gasteiger partial charge in [-0.2, -0.15) is 10.1 Å². The first-order valence-electron chi connectivity index (χ1n) is 7.64. The number of benzene rings is 2. The zero-order valence-electron chi connectivity index (χ0n) is 13.6. The summed E-state index contributed by atoms with van der Waals surface area (Å²) in [7, 11) is 0. The minimum Gasteiger partial charge on any atom is -0.339 e. The maximum absolute atomic E-state index is 5.45. The fourth-order valence-electron chi connectivity index (χ4n) is 2.25. The number of anilines is 4. The summed E-state index contributed by atoms with van der Waals surface area (Å²) in [4.78, 5) is 8.79. The molecule has 3 rings (SSSR count). The van der Waals surface area contributed by atoms with Crippen molar-refractivity contribution in [2.45, 2.75) is 0 Å². The van der Waals surface area contributed by atoms with Gasteiger partial charge in [0, 0.05) is 23.1 Å². The molecule has 0 saturated carbocycles. The van der Waals surface area contributed by atoms with Gasteiger partial charge in [0.25, 0.3) is 0 Å². The molecular weight excluding hydrogens is 392 g/mol. The van der Waals surface area contributed by atoms with Crippen molar-refractivity contribution in [3.8, 4) is 12.3 Å². The molecule has 0 saturated heterocycles. The van der Waals surface area contributed by atoms with Crippen LogP contribution in [0.4, 0.5) is 23.1 Å². The summed E-state index contributed by atoms with van der Waals surface area (Å²) in [5.41, 5.74) is 3.33. The van der Waals surface area contributed by atoms with Crippen LogP contribution in [-0.4, -0.2) is 16.2 Å². The summed E-state index contributed by atoms with van der Waals surface area (Å²) >= 11 is 3.45. The van der Waals surface area contributed by atoms with E-state index in [0.717, 1.165) is 27.0 Å². The topological polar surface area (TPSA) is 88.2 Å². The summed E-state index contributed by atoms with van der Waals surface area (Å²) in [6, 6.07) is 15.1. The second-order valence-corrected chi connectivity index (χ2v) is 6.12. The Morgan fingerprint density at radius 1 is 1.12 bits per heavy atom. The second kappa shape index (κ2) is 8.14. The van der Waals surface area contributed by atoms with E-state index in [0.29, 0.717) is 11.8 Å². The molecule has 0 atom stereocenters. The van der Waals surface area contributed by atoms with Gasteiger partial charge in [0.05, 0.1) is 10.7 Å². The Hall–Kier alpha value is -3.37. The maximum Gasteiger partial charge on any atom is 0.229 e. The van der Waals surface area contributed by atoms with Crippen molar-refractivity contribution in [3.63, 3.8) is 0 Å². The van der Waals surface area contributed by atoms with Crippen molar-refractivity contribution < 1.29 is 0 Å². The van der Waals surface area contributed by atoms with E-state index in [1.165, 1.54) is 0 Å². The van der Waals surface area contributed by atoms with Gasteiger partial charge in [0.2, 0.25) is 5.95 Å². The van der Waals surface area contributed by atoms with E-state index in [-0.39, 0.29) is 0 Å². The first-order chi connectivity index (χ1) is 12.7. The van der Waals surface area contributed by atoms with Crippen LogP contribution in [0.3, 0.4) is 0 Å². The van der Waals surface area contributed by atoms with Crippen LogP contribution in [0.25, 0.3) is 0 Å². The SMILES string of the molecule is C#Cc1cccc(Nc2nc(Nc3cccc(/C=N\N)c3)ncc2Br)c1. The third kappa shape index (κ3) is 4.37. The highest BCUT2D eigenvalue weighted by molar-refractivity contribution is 9.10. The number of hydrogen-bond donors (Lipinski definition) is 3. The van der Waals surface area contributed by atoms with E-state index in [2.05, 4.69) is 47.6 Å². The first-order valence-corrected chi connectivity index (χ1v) is 8.44. The van der Waals surface area contributed by atoms with Gasteiger partial charge in [-0.25, -0.2) is 4.98 Å². The van der Waals surface area contributed by atoms with Crippen LogP contribution in [0.1, 0.15) is 11.1 Å². The molecule has 3 aromatic rings. The minimum absolute atomic E-state index is 0.450. The smallest absolute Gasteiger partial charge is 0.229 e. The van der Waals surface area contributed by atoms with Crippen molar-refractivity contribution in [3.05, 3.63) is 70.3 Å². The normalized spacial score (nSPS) is 10.5. The molecule has 0 fully saturated rings. The number of halogens is 1. The van der Waals surface area contributed by atoms with E-state index in [1.54, 1.807) is 12.4 Å². The summed E-state index contributed by atoms with van der Waals surface area (Å²) in [5, 5.41) is 9.92. The van der Waals surface area contributed by atoms with Crippen molar-refractivity contribution >= 4 is 45.3 Å². The zero-order valence-corrected chi connectivity index (χ0v) is 15.2. The molecule has 1 heterocycles. The molecule has 0 aliphatic rings. The maximum atomic E-state index is 5.45. The number of aromatic nitrogens is 2. The van der Waals surface area contributed by atoms with E-state index >= 15 is 0 Å². The van der Waals surface area contributed by atoms with Crippen LogP contribution in [0.2, 0.25) is 0 Å². The predicted molar refractivity (Wildman–Crippen MR) is 109 cm³/mol. The monoisotopic (exact) mass is 406 g/mol. The summed E-state index contributed by atoms with van der Waals surface area (Å²) < 4.78 is 0.734. The Bertz CT molecular complexity index is 993. The molecule has 0 bridgehead atoms. The largest absolute Gasteiger partial charge is 0.339 e. The summed E-state index contributed by atoms with van der Waals surface area (Å²) in [6.07, 6.45) is 8.69. The molecule has 0 radical (unpaired) electrons. The lowest BCUT2D eigenvalue weighted by molar-refractivity contribution is 1.15. The molecule has 0 spiro atoms. The fourth-order valence-corrected chi connectivity index (χ4v) is 2.54. The van der Waals surface area contributed by atoms with Gasteiger partial charge in [0.15, 0.2) is 0 Å². The molecule has 26 heavy (non-hydrogen) atoms. The third-order valence-corrected chi connectivity index (χ3v) is 3.98. The van der Waals surface area contributed by atoms with Crippen LogP contribution in [-0.2, 0) is 0 Å². The van der Waals surface area contributed by atoms with Gasteiger partial charge in [-0.1, -0.05) is 24.1 Å². The molecule has 2 aromatic carbocycles. The number of nitrogens with one attached hydrogen (secondary N) is 2. The molecule has 4 N–H and O–H groups in total. The lowest BCUT2D eigenvalue weighted by Crippen LogP contribution is -2.02. The highest BCUT2D eigenvalue weighted by Crippen LogP contribution is 2.25. The molecule has 0 aliphatic carbocycles. The Balaban J connectivity index is 1.83. The minimum atomic E-state index is 0.450. The Labute approximate surface area is 159 Å². The summed E-state index contributed by atoms with van der Waals surface area (Å²) in [6.45, 7) is 0. The van der Waals surface area contributed by atoms with Crippen molar-refractivity contribution in [1.29, 1.82) is 0 Å². The number of rotatable bonds is 5. The average molecular weight is 407 g/mol. The van der Waals surface area contributed by atoms with Crippen LogP contribution in [0.15, 0.2) is 64.3 Å². The molecule has 7 heteroatoms. The van der Waals surface area contributed by atoms with Crippen molar-refractivity contribution in [1.82, 2.24) is 9.97 Å². The summed E-state index contributed by atoms with van der Waals surface area (Å²) in [5.74, 6) is 8.87. The van der Waals surface area contributed by atoms with E-state index in [1.807, 2.05) is 48.5 Å². The number of hydrazone groups is 1. The standard InChI is InChI=1S/C19H15BrN6/c1-2-13-5-3-7-15(9-13)24-18-17(20)12-22-19(26-18)25-16-8-4-6-14(10-16)11-23-21/h1,3-12H,21H2,(H2,22,24,25,26)/b23-11-. The highest BCUT2D eigenvalue weighted by atomic mass is 79.9. The number of hydrogen-bond acceptors (Lipinski definition) is 6. The zero-order chi connectivity index (χ0) is 18.4. The van der Waals surface area contributed by atoms with E-state index < -0.39 is 0 Å². The van der Waals surface area contributed by atoms with Crippen LogP contribution in [0, 0.1) is 12.3 Å². The van der Waals surface area contributed by atoms with Gasteiger partial charge >= 0.3 is 0 Å². The quantitative estimate of drug-likeness (QED) is 0.258. The molecular formula is C19H15BrN6. The molecule has 6 nitrogen and oxygen atoms in total. The van der Waals surface area contributed by atoms with Crippen LogP contribution < -0.4 is 16.5 Å². The number of nitrogens with zero attached hydrogens (tertiary/aromatic N) is 3. The van der Waals surface area contributed by atoms with Gasteiger partial charge in [-0.15, -0.1) is 6.42 Å². The molecule has 1 aromatic heterocycles. The molecule has 0 unspecified atom stereocenters. The Morgan fingerprint density at radius 2 is 1.88 bits per heavy atom. The number of nitrogens with two attached hydrogens (primary N) is 1. The molecule has 0 amide bonds. The fraction of sp³-hybridized carbons (Fsp3) is 0. The average Bonchev–Trinajstić information content (AvgIpc) is 2.65. The predicted octanol–water partition coefficient (Wildman–Crippen LogP) is 4.00. The lowest BCUT2D eigenvalue weighted by Gasteiger charge is -2.11. The Morgan fingerprint density at radius 3 is 2.65 bits per heavy atom.